The maximum atomic E-state index is 12.3. The molecule has 3 rings (SSSR count). The Morgan fingerprint density at radius 3 is 2.64 bits per heavy atom. The monoisotopic (exact) mass is 414 g/mol. The fourth-order valence-corrected chi connectivity index (χ4v) is 3.83. The number of hydrogen-bond donors (Lipinski definition) is 1. The number of carbonyl (C=O) groups excluding carboxylic acids is 1. The lowest BCUT2D eigenvalue weighted by molar-refractivity contribution is -0.115. The van der Waals surface area contributed by atoms with E-state index in [0.717, 1.165) is 38.4 Å². The molecule has 0 aliphatic rings. The molecule has 0 unspecified atom stereocenters. The van der Waals surface area contributed by atoms with E-state index in [2.05, 4.69) is 57.4 Å². The Morgan fingerprint density at radius 2 is 1.96 bits per heavy atom. The lowest BCUT2D eigenvalue weighted by Gasteiger charge is -2.08. The van der Waals surface area contributed by atoms with E-state index in [1.807, 2.05) is 30.5 Å². The number of anilines is 1. The topological polar surface area (TPSA) is 42.0 Å². The maximum absolute atomic E-state index is 12.3. The molecule has 0 saturated carbocycles. The van der Waals surface area contributed by atoms with Gasteiger partial charge in [0.15, 0.2) is 0 Å². The van der Waals surface area contributed by atoms with Crippen molar-refractivity contribution in [2.75, 3.05) is 5.32 Å². The van der Waals surface area contributed by atoms with Gasteiger partial charge < -0.3 is 5.32 Å². The zero-order valence-corrected chi connectivity index (χ0v) is 16.6. The van der Waals surface area contributed by atoms with Crippen LogP contribution < -0.4 is 5.32 Å². The van der Waals surface area contributed by atoms with E-state index in [9.17, 15) is 4.79 Å². The zero-order valence-electron chi connectivity index (χ0n) is 14.2. The van der Waals surface area contributed by atoms with Crippen LogP contribution in [0.5, 0.6) is 0 Å². The normalized spacial score (nSPS) is 10.7. The highest BCUT2D eigenvalue weighted by Crippen LogP contribution is 2.25. The average Bonchev–Trinajstić information content (AvgIpc) is 3.06. The molecule has 0 saturated heterocycles. The number of nitrogens with zero attached hydrogens (tertiary/aromatic N) is 1. The number of aromatic nitrogens is 1. The Labute approximate surface area is 160 Å². The molecule has 0 fully saturated rings. The van der Waals surface area contributed by atoms with Gasteiger partial charge >= 0.3 is 0 Å². The molecule has 3 nitrogen and oxygen atoms in total. The number of amides is 1. The highest BCUT2D eigenvalue weighted by Gasteiger charge is 2.10. The third-order valence-electron chi connectivity index (χ3n) is 3.97. The summed E-state index contributed by atoms with van der Waals surface area (Å²) in [5.41, 5.74) is 5.06. The predicted octanol–water partition coefficient (Wildman–Crippen LogP) is 5.62. The minimum absolute atomic E-state index is 0.0522. The van der Waals surface area contributed by atoms with Crippen molar-refractivity contribution < 1.29 is 4.79 Å². The molecule has 0 spiro atoms. The van der Waals surface area contributed by atoms with Gasteiger partial charge in [-0.2, -0.15) is 0 Å². The van der Waals surface area contributed by atoms with Crippen LogP contribution in [-0.4, -0.2) is 10.9 Å². The van der Waals surface area contributed by atoms with Crippen LogP contribution in [0.2, 0.25) is 0 Å². The highest BCUT2D eigenvalue weighted by atomic mass is 79.9. The second kappa shape index (κ2) is 7.93. The number of halogens is 1. The van der Waals surface area contributed by atoms with Crippen molar-refractivity contribution in [3.8, 4) is 10.6 Å². The first-order valence-corrected chi connectivity index (χ1v) is 9.82. The van der Waals surface area contributed by atoms with Gasteiger partial charge in [-0.3, -0.25) is 4.79 Å². The standard InChI is InChI=1S/C20H19BrN2OS/c1-3-14-4-6-15(7-5-14)20-22-17(12-25-20)11-19(24)23-18-9-8-16(21)10-13(18)2/h4-10,12H,3,11H2,1-2H3,(H,23,24). The fourth-order valence-electron chi connectivity index (χ4n) is 2.53. The summed E-state index contributed by atoms with van der Waals surface area (Å²) in [7, 11) is 0. The van der Waals surface area contributed by atoms with Crippen molar-refractivity contribution in [1.82, 2.24) is 4.98 Å². The van der Waals surface area contributed by atoms with Gasteiger partial charge in [0, 0.05) is 21.1 Å². The summed E-state index contributed by atoms with van der Waals surface area (Å²) in [5, 5.41) is 5.86. The van der Waals surface area contributed by atoms with E-state index >= 15 is 0 Å². The molecule has 1 amide bonds. The van der Waals surface area contributed by atoms with Crippen LogP contribution in [0.15, 0.2) is 52.3 Å². The van der Waals surface area contributed by atoms with Gasteiger partial charge in [-0.1, -0.05) is 47.1 Å². The minimum Gasteiger partial charge on any atom is -0.326 e. The van der Waals surface area contributed by atoms with Crippen molar-refractivity contribution in [1.29, 1.82) is 0 Å². The first-order valence-electron chi connectivity index (χ1n) is 8.15. The van der Waals surface area contributed by atoms with E-state index in [-0.39, 0.29) is 12.3 Å². The van der Waals surface area contributed by atoms with Gasteiger partial charge in [0.1, 0.15) is 5.01 Å². The summed E-state index contributed by atoms with van der Waals surface area (Å²) >= 11 is 5.00. The van der Waals surface area contributed by atoms with E-state index in [1.54, 1.807) is 11.3 Å². The summed E-state index contributed by atoms with van der Waals surface area (Å²) in [6, 6.07) is 14.2. The maximum Gasteiger partial charge on any atom is 0.230 e. The van der Waals surface area contributed by atoms with Crippen molar-refractivity contribution in [2.24, 2.45) is 0 Å². The Balaban J connectivity index is 1.67. The second-order valence-corrected chi connectivity index (χ2v) is 7.65. The number of benzene rings is 2. The van der Waals surface area contributed by atoms with E-state index in [1.165, 1.54) is 5.56 Å². The van der Waals surface area contributed by atoms with Gasteiger partial charge in [0.2, 0.25) is 5.91 Å². The zero-order chi connectivity index (χ0) is 17.8. The smallest absolute Gasteiger partial charge is 0.230 e. The number of hydrogen-bond acceptors (Lipinski definition) is 3. The third kappa shape index (κ3) is 4.55. The number of thiazole rings is 1. The Bertz CT molecular complexity index is 887. The quantitative estimate of drug-likeness (QED) is 0.587. The molecule has 3 aromatic rings. The molecule has 2 aromatic carbocycles. The van der Waals surface area contributed by atoms with Crippen LogP contribution in [0.1, 0.15) is 23.7 Å². The van der Waals surface area contributed by atoms with E-state index in [4.69, 9.17) is 0 Å². The first kappa shape index (κ1) is 17.8. The van der Waals surface area contributed by atoms with Crippen LogP contribution >= 0.6 is 27.3 Å². The van der Waals surface area contributed by atoms with E-state index in [0.29, 0.717) is 0 Å². The molecule has 0 radical (unpaired) electrons. The molecule has 1 N–H and O–H groups in total. The molecule has 128 valence electrons. The predicted molar refractivity (Wildman–Crippen MR) is 108 cm³/mol. The molecule has 5 heteroatoms. The summed E-state index contributed by atoms with van der Waals surface area (Å²) in [5.74, 6) is -0.0522. The SMILES string of the molecule is CCc1ccc(-c2nc(CC(=O)Nc3ccc(Br)cc3C)cs2)cc1. The van der Waals surface area contributed by atoms with Crippen molar-refractivity contribution in [3.63, 3.8) is 0 Å². The summed E-state index contributed by atoms with van der Waals surface area (Å²) in [6.07, 6.45) is 1.30. The van der Waals surface area contributed by atoms with Gasteiger partial charge in [0.25, 0.3) is 0 Å². The van der Waals surface area contributed by atoms with Crippen molar-refractivity contribution in [3.05, 3.63) is 69.1 Å². The Hall–Kier alpha value is -1.98. The van der Waals surface area contributed by atoms with Gasteiger partial charge in [-0.15, -0.1) is 11.3 Å². The molecule has 25 heavy (non-hydrogen) atoms. The fraction of sp³-hybridized carbons (Fsp3) is 0.200. The van der Waals surface area contributed by atoms with Crippen LogP contribution in [0, 0.1) is 6.92 Å². The van der Waals surface area contributed by atoms with Gasteiger partial charge in [-0.05, 0) is 42.7 Å². The Kier molecular flexibility index (Phi) is 5.66. The summed E-state index contributed by atoms with van der Waals surface area (Å²) in [4.78, 5) is 16.9. The minimum atomic E-state index is -0.0522. The molecule has 1 aromatic heterocycles. The first-order chi connectivity index (χ1) is 12.0. The van der Waals surface area contributed by atoms with Crippen LogP contribution in [-0.2, 0) is 17.6 Å². The molecule has 0 atom stereocenters. The van der Waals surface area contributed by atoms with Crippen LogP contribution in [0.3, 0.4) is 0 Å². The molecule has 1 heterocycles. The number of carbonyl (C=O) groups is 1. The second-order valence-electron chi connectivity index (χ2n) is 5.88. The highest BCUT2D eigenvalue weighted by molar-refractivity contribution is 9.10. The van der Waals surface area contributed by atoms with Crippen molar-refractivity contribution >= 4 is 38.9 Å². The molecule has 0 aliphatic heterocycles. The average molecular weight is 415 g/mol. The number of rotatable bonds is 5. The summed E-state index contributed by atoms with van der Waals surface area (Å²) < 4.78 is 1.00. The van der Waals surface area contributed by atoms with Crippen LogP contribution in [0.25, 0.3) is 10.6 Å². The third-order valence-corrected chi connectivity index (χ3v) is 5.40. The molecule has 0 bridgehead atoms. The van der Waals surface area contributed by atoms with E-state index < -0.39 is 0 Å². The van der Waals surface area contributed by atoms with Gasteiger partial charge in [0.05, 0.1) is 12.1 Å². The Morgan fingerprint density at radius 1 is 1.20 bits per heavy atom. The van der Waals surface area contributed by atoms with Gasteiger partial charge in [-0.25, -0.2) is 4.98 Å². The lowest BCUT2D eigenvalue weighted by atomic mass is 10.1. The van der Waals surface area contributed by atoms with Crippen LogP contribution in [0.4, 0.5) is 5.69 Å². The lowest BCUT2D eigenvalue weighted by Crippen LogP contribution is -2.15. The summed E-state index contributed by atoms with van der Waals surface area (Å²) in [6.45, 7) is 4.11. The van der Waals surface area contributed by atoms with Crippen molar-refractivity contribution in [2.45, 2.75) is 26.7 Å². The largest absolute Gasteiger partial charge is 0.326 e. The molecule has 0 aliphatic carbocycles. The number of nitrogens with one attached hydrogen (secondary N) is 1. The molecular weight excluding hydrogens is 396 g/mol. The molecular formula is C20H19BrN2OS. The number of aryl methyl sites for hydroxylation is 2.